The van der Waals surface area contributed by atoms with Gasteiger partial charge in [0.15, 0.2) is 0 Å². The normalized spacial score (nSPS) is 16.3. The van der Waals surface area contributed by atoms with Gasteiger partial charge < -0.3 is 10.1 Å². The molecule has 2 N–H and O–H groups in total. The van der Waals surface area contributed by atoms with Crippen molar-refractivity contribution in [2.75, 3.05) is 26.0 Å². The van der Waals surface area contributed by atoms with Crippen LogP contribution in [0.1, 0.15) is 20.8 Å². The SMILES string of the molecule is CCNS(=O)(=O)CCNC(C)C(C)OC. The lowest BCUT2D eigenvalue weighted by Crippen LogP contribution is -2.40. The van der Waals surface area contributed by atoms with Crippen molar-refractivity contribution in [2.45, 2.75) is 32.9 Å². The second kappa shape index (κ2) is 7.16. The highest BCUT2D eigenvalue weighted by molar-refractivity contribution is 7.89. The molecular weight excluding hydrogens is 216 g/mol. The minimum absolute atomic E-state index is 0.0758. The molecule has 0 spiro atoms. The molecule has 0 rings (SSSR count). The molecule has 0 radical (unpaired) electrons. The van der Waals surface area contributed by atoms with Gasteiger partial charge in [-0.25, -0.2) is 13.1 Å². The average Bonchev–Trinajstić information content (AvgIpc) is 2.15. The molecule has 0 aliphatic rings. The molecule has 0 fully saturated rings. The largest absolute Gasteiger partial charge is 0.380 e. The fraction of sp³-hybridized carbons (Fsp3) is 1.00. The lowest BCUT2D eigenvalue weighted by atomic mass is 10.2. The van der Waals surface area contributed by atoms with Crippen LogP contribution in [0.4, 0.5) is 0 Å². The molecule has 6 heteroatoms. The molecule has 5 nitrogen and oxygen atoms in total. The summed E-state index contributed by atoms with van der Waals surface area (Å²) < 4.78 is 30.1. The van der Waals surface area contributed by atoms with E-state index in [0.29, 0.717) is 13.1 Å². The Kier molecular flexibility index (Phi) is 7.08. The van der Waals surface area contributed by atoms with Crippen LogP contribution in [0, 0.1) is 0 Å². The number of sulfonamides is 1. The maximum Gasteiger partial charge on any atom is 0.212 e. The molecule has 0 aromatic carbocycles. The summed E-state index contributed by atoms with van der Waals surface area (Å²) in [5, 5.41) is 3.10. The van der Waals surface area contributed by atoms with Gasteiger partial charge in [-0.05, 0) is 13.8 Å². The van der Waals surface area contributed by atoms with Gasteiger partial charge in [-0.2, -0.15) is 0 Å². The third-order valence-electron chi connectivity index (χ3n) is 2.28. The summed E-state index contributed by atoms with van der Waals surface area (Å²) in [5.41, 5.74) is 0. The van der Waals surface area contributed by atoms with Crippen LogP contribution in [0.5, 0.6) is 0 Å². The zero-order chi connectivity index (χ0) is 11.9. The van der Waals surface area contributed by atoms with Crippen molar-refractivity contribution in [1.29, 1.82) is 0 Å². The van der Waals surface area contributed by atoms with Crippen LogP contribution in [-0.4, -0.2) is 46.5 Å². The Hall–Kier alpha value is -0.170. The first-order valence-corrected chi connectivity index (χ1v) is 6.81. The first kappa shape index (κ1) is 14.8. The molecule has 0 aromatic heterocycles. The number of ether oxygens (including phenoxy) is 1. The monoisotopic (exact) mass is 238 g/mol. The third kappa shape index (κ3) is 6.83. The highest BCUT2D eigenvalue weighted by Gasteiger charge is 2.12. The molecular formula is C9H22N2O3S. The van der Waals surface area contributed by atoms with Gasteiger partial charge in [0, 0.05) is 26.2 Å². The second-order valence-electron chi connectivity index (χ2n) is 3.50. The summed E-state index contributed by atoms with van der Waals surface area (Å²) >= 11 is 0. The molecule has 0 saturated carbocycles. The summed E-state index contributed by atoms with van der Waals surface area (Å²) in [6.45, 7) is 6.54. The Balaban J connectivity index is 3.79. The van der Waals surface area contributed by atoms with E-state index in [0.717, 1.165) is 0 Å². The number of nitrogens with one attached hydrogen (secondary N) is 2. The lowest BCUT2D eigenvalue weighted by Gasteiger charge is -2.19. The zero-order valence-electron chi connectivity index (χ0n) is 9.91. The van der Waals surface area contributed by atoms with E-state index in [-0.39, 0.29) is 17.9 Å². The fourth-order valence-electron chi connectivity index (χ4n) is 1.08. The van der Waals surface area contributed by atoms with E-state index in [2.05, 4.69) is 10.0 Å². The fourth-order valence-corrected chi connectivity index (χ4v) is 2.05. The Bertz CT molecular complexity index is 254. The number of hydrogen-bond acceptors (Lipinski definition) is 4. The van der Waals surface area contributed by atoms with Gasteiger partial charge in [-0.3, -0.25) is 0 Å². The van der Waals surface area contributed by atoms with Gasteiger partial charge in [0.2, 0.25) is 10.0 Å². The molecule has 0 saturated heterocycles. The molecule has 2 unspecified atom stereocenters. The van der Waals surface area contributed by atoms with Crippen LogP contribution in [0.15, 0.2) is 0 Å². The Morgan fingerprint density at radius 2 is 1.93 bits per heavy atom. The highest BCUT2D eigenvalue weighted by atomic mass is 32.2. The van der Waals surface area contributed by atoms with Crippen molar-refractivity contribution in [3.63, 3.8) is 0 Å². The molecule has 15 heavy (non-hydrogen) atoms. The van der Waals surface area contributed by atoms with Crippen LogP contribution in [0.25, 0.3) is 0 Å². The molecule has 0 heterocycles. The number of hydrogen-bond donors (Lipinski definition) is 2. The van der Waals surface area contributed by atoms with Gasteiger partial charge in [0.05, 0.1) is 11.9 Å². The molecule has 2 atom stereocenters. The quantitative estimate of drug-likeness (QED) is 0.621. The van der Waals surface area contributed by atoms with Crippen molar-refractivity contribution in [1.82, 2.24) is 10.0 Å². The van der Waals surface area contributed by atoms with Gasteiger partial charge >= 0.3 is 0 Å². The van der Waals surface area contributed by atoms with E-state index in [4.69, 9.17) is 4.74 Å². The predicted octanol–water partition coefficient (Wildman–Crippen LogP) is -0.0613. The van der Waals surface area contributed by atoms with Gasteiger partial charge in [0.1, 0.15) is 0 Å². The van der Waals surface area contributed by atoms with Crippen LogP contribution >= 0.6 is 0 Å². The maximum absolute atomic E-state index is 11.3. The molecule has 0 aliphatic heterocycles. The van der Waals surface area contributed by atoms with Gasteiger partial charge in [-0.1, -0.05) is 6.92 Å². The number of rotatable bonds is 8. The standard InChI is InChI=1S/C9H22N2O3S/c1-5-11-15(12,13)7-6-10-8(2)9(3)14-4/h8-11H,5-7H2,1-4H3. The number of methoxy groups -OCH3 is 1. The summed E-state index contributed by atoms with van der Waals surface area (Å²) in [6.07, 6.45) is 0.0758. The van der Waals surface area contributed by atoms with E-state index in [1.807, 2.05) is 13.8 Å². The van der Waals surface area contributed by atoms with E-state index < -0.39 is 10.0 Å². The Labute approximate surface area is 92.6 Å². The Morgan fingerprint density at radius 1 is 1.33 bits per heavy atom. The first-order valence-electron chi connectivity index (χ1n) is 5.16. The van der Waals surface area contributed by atoms with Crippen molar-refractivity contribution < 1.29 is 13.2 Å². The average molecular weight is 238 g/mol. The Morgan fingerprint density at radius 3 is 2.40 bits per heavy atom. The second-order valence-corrected chi connectivity index (χ2v) is 5.43. The minimum Gasteiger partial charge on any atom is -0.380 e. The zero-order valence-corrected chi connectivity index (χ0v) is 10.7. The third-order valence-corrected chi connectivity index (χ3v) is 3.75. The van der Waals surface area contributed by atoms with Crippen LogP contribution < -0.4 is 10.0 Å². The van der Waals surface area contributed by atoms with Crippen LogP contribution in [0.3, 0.4) is 0 Å². The summed E-state index contributed by atoms with van der Waals surface area (Å²) in [6, 6.07) is 0.145. The van der Waals surface area contributed by atoms with Crippen molar-refractivity contribution in [2.24, 2.45) is 0 Å². The maximum atomic E-state index is 11.3. The van der Waals surface area contributed by atoms with Gasteiger partial charge in [0.25, 0.3) is 0 Å². The smallest absolute Gasteiger partial charge is 0.212 e. The molecule has 0 aromatic rings. The topological polar surface area (TPSA) is 67.4 Å². The van der Waals surface area contributed by atoms with E-state index >= 15 is 0 Å². The van der Waals surface area contributed by atoms with Crippen molar-refractivity contribution in [3.05, 3.63) is 0 Å². The van der Waals surface area contributed by atoms with Crippen molar-refractivity contribution in [3.8, 4) is 0 Å². The lowest BCUT2D eigenvalue weighted by molar-refractivity contribution is 0.0895. The molecule has 0 bridgehead atoms. The minimum atomic E-state index is -3.11. The first-order chi connectivity index (χ1) is 6.93. The summed E-state index contributed by atoms with van der Waals surface area (Å²) in [5.74, 6) is 0.0988. The molecule has 92 valence electrons. The van der Waals surface area contributed by atoms with E-state index in [1.54, 1.807) is 14.0 Å². The molecule has 0 amide bonds. The highest BCUT2D eigenvalue weighted by Crippen LogP contribution is 1.95. The molecule has 0 aliphatic carbocycles. The van der Waals surface area contributed by atoms with Crippen molar-refractivity contribution >= 4 is 10.0 Å². The predicted molar refractivity (Wildman–Crippen MR) is 61.4 cm³/mol. The van der Waals surface area contributed by atoms with E-state index in [9.17, 15) is 8.42 Å². The summed E-state index contributed by atoms with van der Waals surface area (Å²) in [7, 11) is -1.48. The van der Waals surface area contributed by atoms with E-state index in [1.165, 1.54) is 0 Å². The van der Waals surface area contributed by atoms with Gasteiger partial charge in [-0.15, -0.1) is 0 Å². The summed E-state index contributed by atoms with van der Waals surface area (Å²) in [4.78, 5) is 0. The van der Waals surface area contributed by atoms with Crippen LogP contribution in [0.2, 0.25) is 0 Å². The van der Waals surface area contributed by atoms with Crippen LogP contribution in [-0.2, 0) is 14.8 Å².